The Morgan fingerprint density at radius 2 is 1.71 bits per heavy atom. The highest BCUT2D eigenvalue weighted by Crippen LogP contribution is 2.28. The molecular weight excluding hydrogens is 356 g/mol. The van der Waals surface area contributed by atoms with Crippen LogP contribution >= 0.6 is 0 Å². The number of hydrogen-bond donors (Lipinski definition) is 0. The van der Waals surface area contributed by atoms with E-state index in [0.717, 1.165) is 5.56 Å². The van der Waals surface area contributed by atoms with E-state index < -0.39 is 4.92 Å². The molecule has 2 heterocycles. The minimum Gasteiger partial charge on any atom is -0.267 e. The van der Waals surface area contributed by atoms with Gasteiger partial charge in [-0.3, -0.25) is 19.9 Å². The van der Waals surface area contributed by atoms with E-state index in [0.29, 0.717) is 22.5 Å². The molecule has 4 rings (SSSR count). The van der Waals surface area contributed by atoms with Crippen molar-refractivity contribution in [1.29, 1.82) is 0 Å². The Morgan fingerprint density at radius 1 is 0.964 bits per heavy atom. The van der Waals surface area contributed by atoms with Gasteiger partial charge in [-0.2, -0.15) is 10.1 Å². The van der Waals surface area contributed by atoms with Gasteiger partial charge in [-0.05, 0) is 42.0 Å². The van der Waals surface area contributed by atoms with Gasteiger partial charge in [-0.1, -0.05) is 24.3 Å². The van der Waals surface area contributed by atoms with Crippen molar-refractivity contribution in [3.63, 3.8) is 0 Å². The maximum atomic E-state index is 13.1. The molecule has 0 atom stereocenters. The van der Waals surface area contributed by atoms with Gasteiger partial charge in [0.1, 0.15) is 5.71 Å². The molecule has 1 aromatic heterocycles. The first-order chi connectivity index (χ1) is 13.6. The Hall–Kier alpha value is -4.13. The third-order valence-electron chi connectivity index (χ3n) is 4.23. The number of hydrogen-bond acceptors (Lipinski definition) is 5. The van der Waals surface area contributed by atoms with Crippen molar-refractivity contribution in [2.75, 3.05) is 5.01 Å². The molecule has 0 unspecified atom stereocenters. The topological polar surface area (TPSA) is 88.7 Å². The zero-order valence-electron chi connectivity index (χ0n) is 14.6. The Bertz CT molecular complexity index is 1090. The third kappa shape index (κ3) is 3.28. The van der Waals surface area contributed by atoms with Gasteiger partial charge in [0.2, 0.25) is 0 Å². The van der Waals surface area contributed by atoms with Crippen LogP contribution in [0.2, 0.25) is 0 Å². The van der Waals surface area contributed by atoms with Crippen molar-refractivity contribution < 1.29 is 9.72 Å². The lowest BCUT2D eigenvalue weighted by Gasteiger charge is -2.10. The number of nitrogens with zero attached hydrogens (tertiary/aromatic N) is 4. The van der Waals surface area contributed by atoms with Gasteiger partial charge in [0, 0.05) is 30.1 Å². The second-order valence-corrected chi connectivity index (χ2v) is 6.05. The van der Waals surface area contributed by atoms with Gasteiger partial charge < -0.3 is 0 Å². The largest absolute Gasteiger partial charge is 0.281 e. The molecule has 0 aliphatic carbocycles. The number of benzene rings is 2. The predicted octanol–water partition coefficient (Wildman–Crippen LogP) is 3.82. The summed E-state index contributed by atoms with van der Waals surface area (Å²) < 4.78 is 0. The number of non-ortho nitro benzene ring substituents is 1. The van der Waals surface area contributed by atoms with E-state index in [-0.39, 0.29) is 11.6 Å². The summed E-state index contributed by atoms with van der Waals surface area (Å²) in [5.41, 5.74) is 2.84. The summed E-state index contributed by atoms with van der Waals surface area (Å²) in [5.74, 6) is -0.275. The Labute approximate surface area is 160 Å². The van der Waals surface area contributed by atoms with E-state index in [4.69, 9.17) is 0 Å². The standard InChI is InChI=1S/C21H14N4O3/c26-21-19(13-15-5-4-12-22-14-15)20(16-8-10-18(11-9-16)25(27)28)23-24(21)17-6-2-1-3-7-17/h1-14H/b19-13-. The Morgan fingerprint density at radius 3 is 2.36 bits per heavy atom. The summed E-state index contributed by atoms with van der Waals surface area (Å²) in [6.07, 6.45) is 5.03. The highest BCUT2D eigenvalue weighted by atomic mass is 16.6. The molecule has 0 bridgehead atoms. The van der Waals surface area contributed by atoms with Crippen molar-refractivity contribution in [3.05, 3.63) is 106 Å². The van der Waals surface area contributed by atoms with Crippen LogP contribution in [0.25, 0.3) is 6.08 Å². The van der Waals surface area contributed by atoms with E-state index in [1.807, 2.05) is 24.3 Å². The molecule has 0 saturated heterocycles. The smallest absolute Gasteiger partial charge is 0.267 e. The summed E-state index contributed by atoms with van der Waals surface area (Å²) in [7, 11) is 0. The summed E-state index contributed by atoms with van der Waals surface area (Å²) in [5, 5.41) is 16.8. The number of anilines is 1. The van der Waals surface area contributed by atoms with Gasteiger partial charge >= 0.3 is 0 Å². The highest BCUT2D eigenvalue weighted by Gasteiger charge is 2.32. The van der Waals surface area contributed by atoms with E-state index in [9.17, 15) is 14.9 Å². The van der Waals surface area contributed by atoms with Crippen LogP contribution < -0.4 is 5.01 Å². The summed E-state index contributed by atoms with van der Waals surface area (Å²) in [6.45, 7) is 0. The van der Waals surface area contributed by atoms with Crippen LogP contribution in [0.1, 0.15) is 11.1 Å². The van der Waals surface area contributed by atoms with E-state index in [2.05, 4.69) is 10.1 Å². The van der Waals surface area contributed by atoms with Crippen molar-refractivity contribution in [2.45, 2.75) is 0 Å². The summed E-state index contributed by atoms with van der Waals surface area (Å²) >= 11 is 0. The number of carbonyl (C=O) groups is 1. The fourth-order valence-electron chi connectivity index (χ4n) is 2.87. The first-order valence-corrected chi connectivity index (χ1v) is 8.48. The molecule has 0 radical (unpaired) electrons. The summed E-state index contributed by atoms with van der Waals surface area (Å²) in [6, 6.07) is 18.7. The van der Waals surface area contributed by atoms with E-state index >= 15 is 0 Å². The number of nitro groups is 1. The fraction of sp³-hybridized carbons (Fsp3) is 0. The summed E-state index contributed by atoms with van der Waals surface area (Å²) in [4.78, 5) is 27.6. The van der Waals surface area contributed by atoms with Crippen molar-refractivity contribution in [2.24, 2.45) is 5.10 Å². The number of para-hydroxylation sites is 1. The van der Waals surface area contributed by atoms with Gasteiger partial charge in [0.15, 0.2) is 0 Å². The number of amides is 1. The fourth-order valence-corrected chi connectivity index (χ4v) is 2.87. The van der Waals surface area contributed by atoms with Crippen LogP contribution in [0, 0.1) is 10.1 Å². The molecular formula is C21H14N4O3. The molecule has 0 saturated carbocycles. The van der Waals surface area contributed by atoms with Crippen molar-refractivity contribution in [3.8, 4) is 0 Å². The molecule has 28 heavy (non-hydrogen) atoms. The van der Waals surface area contributed by atoms with E-state index in [1.165, 1.54) is 17.1 Å². The molecule has 1 aliphatic rings. The zero-order chi connectivity index (χ0) is 19.5. The van der Waals surface area contributed by atoms with E-state index in [1.54, 1.807) is 48.8 Å². The lowest BCUT2D eigenvalue weighted by molar-refractivity contribution is -0.384. The lowest BCUT2D eigenvalue weighted by atomic mass is 10.0. The maximum absolute atomic E-state index is 13.1. The molecule has 7 heteroatoms. The van der Waals surface area contributed by atoms with Gasteiger partial charge in [0.25, 0.3) is 11.6 Å². The average molecular weight is 370 g/mol. The maximum Gasteiger partial charge on any atom is 0.281 e. The zero-order valence-corrected chi connectivity index (χ0v) is 14.6. The SMILES string of the molecule is O=C1/C(=C\c2cccnc2)C(c2ccc([N+](=O)[O-])cc2)=NN1c1ccccc1. The van der Waals surface area contributed by atoms with Crippen LogP contribution in [0.5, 0.6) is 0 Å². The Balaban J connectivity index is 1.81. The first-order valence-electron chi connectivity index (χ1n) is 8.48. The molecule has 1 aliphatic heterocycles. The number of aromatic nitrogens is 1. The van der Waals surface area contributed by atoms with Gasteiger partial charge in [0.05, 0.1) is 16.2 Å². The minimum atomic E-state index is -0.464. The van der Waals surface area contributed by atoms with Crippen LogP contribution in [-0.4, -0.2) is 21.5 Å². The van der Waals surface area contributed by atoms with Gasteiger partial charge in [-0.25, -0.2) is 0 Å². The quantitative estimate of drug-likeness (QED) is 0.397. The average Bonchev–Trinajstić information content (AvgIpc) is 3.06. The molecule has 7 nitrogen and oxygen atoms in total. The second kappa shape index (κ2) is 7.24. The molecule has 136 valence electrons. The number of nitro benzene ring substituents is 1. The predicted molar refractivity (Wildman–Crippen MR) is 106 cm³/mol. The molecule has 2 aromatic carbocycles. The number of hydrazone groups is 1. The molecule has 3 aromatic rings. The second-order valence-electron chi connectivity index (χ2n) is 6.05. The number of pyridine rings is 1. The molecule has 0 fully saturated rings. The monoisotopic (exact) mass is 370 g/mol. The highest BCUT2D eigenvalue weighted by molar-refractivity contribution is 6.37. The molecule has 0 N–H and O–H groups in total. The van der Waals surface area contributed by atoms with Gasteiger partial charge in [-0.15, -0.1) is 0 Å². The third-order valence-corrected chi connectivity index (χ3v) is 4.23. The van der Waals surface area contributed by atoms with Crippen LogP contribution in [0.3, 0.4) is 0 Å². The lowest BCUT2D eigenvalue weighted by Crippen LogP contribution is -2.21. The normalized spacial score (nSPS) is 15.0. The first kappa shape index (κ1) is 17.3. The minimum absolute atomic E-state index is 0.0219. The van der Waals surface area contributed by atoms with Crippen LogP contribution in [-0.2, 0) is 4.79 Å². The number of rotatable bonds is 4. The van der Waals surface area contributed by atoms with Crippen LogP contribution in [0.15, 0.2) is 89.8 Å². The van der Waals surface area contributed by atoms with Crippen molar-refractivity contribution >= 4 is 29.1 Å². The Kier molecular flexibility index (Phi) is 4.47. The van der Waals surface area contributed by atoms with Crippen molar-refractivity contribution in [1.82, 2.24) is 4.98 Å². The van der Waals surface area contributed by atoms with Crippen LogP contribution in [0.4, 0.5) is 11.4 Å². The number of carbonyl (C=O) groups excluding carboxylic acids is 1. The molecule has 0 spiro atoms. The molecule has 1 amide bonds.